The molecule has 0 heterocycles. The predicted octanol–water partition coefficient (Wildman–Crippen LogP) is 0.133. The van der Waals surface area contributed by atoms with Gasteiger partial charge in [0.15, 0.2) is 0 Å². The number of carbonyl (C=O) groups excluding carboxylic acids is 2. The summed E-state index contributed by atoms with van der Waals surface area (Å²) in [5.74, 6) is -0.583. The highest BCUT2D eigenvalue weighted by Crippen LogP contribution is 2.38. The molecule has 0 saturated carbocycles. The zero-order chi connectivity index (χ0) is 24.0. The molecule has 2 aliphatic carbocycles. The van der Waals surface area contributed by atoms with Gasteiger partial charge in [-0.3, -0.25) is 9.79 Å². The minimum atomic E-state index is -2.10. The highest BCUT2D eigenvalue weighted by molar-refractivity contribution is 7.93. The van der Waals surface area contributed by atoms with Gasteiger partial charge in [0.2, 0.25) is 5.03 Å². The highest BCUT2D eigenvalue weighted by atomic mass is 32.2. The van der Waals surface area contributed by atoms with Gasteiger partial charge < -0.3 is 30.7 Å². The van der Waals surface area contributed by atoms with Gasteiger partial charge in [-0.2, -0.15) is 0 Å². The van der Waals surface area contributed by atoms with E-state index in [1.54, 1.807) is 0 Å². The SMILES string of the molecule is CN=C(C=C(N)[S+]([O-])NC(=O)Nc1c2c(cc3c1CCC3)CCC2)C(=O)N(CCO)CCO. The Morgan fingerprint density at radius 1 is 1.15 bits per heavy atom. The van der Waals surface area contributed by atoms with E-state index in [2.05, 4.69) is 21.1 Å². The van der Waals surface area contributed by atoms with E-state index in [1.807, 2.05) is 0 Å². The molecule has 11 heteroatoms. The van der Waals surface area contributed by atoms with Crippen LogP contribution < -0.4 is 15.8 Å². The minimum absolute atomic E-state index is 0.00161. The number of anilines is 1. The van der Waals surface area contributed by atoms with Crippen molar-refractivity contribution in [3.8, 4) is 0 Å². The Morgan fingerprint density at radius 3 is 2.24 bits per heavy atom. The van der Waals surface area contributed by atoms with E-state index in [0.29, 0.717) is 0 Å². The van der Waals surface area contributed by atoms with Gasteiger partial charge in [-0.05, 0) is 60.8 Å². The number of fused-ring (bicyclic) bond motifs is 2. The average molecular weight is 478 g/mol. The van der Waals surface area contributed by atoms with Crippen molar-refractivity contribution in [2.24, 2.45) is 10.7 Å². The van der Waals surface area contributed by atoms with Gasteiger partial charge in [0.1, 0.15) is 17.1 Å². The largest absolute Gasteiger partial charge is 0.587 e. The van der Waals surface area contributed by atoms with Crippen molar-refractivity contribution in [2.45, 2.75) is 38.5 Å². The Hall–Kier alpha value is -2.60. The number of nitrogens with one attached hydrogen (secondary N) is 2. The van der Waals surface area contributed by atoms with Gasteiger partial charge in [-0.15, -0.1) is 4.72 Å². The zero-order valence-corrected chi connectivity index (χ0v) is 19.5. The van der Waals surface area contributed by atoms with Crippen LogP contribution in [0.3, 0.4) is 0 Å². The molecule has 0 fully saturated rings. The Kier molecular flexibility index (Phi) is 8.73. The molecule has 1 atom stereocenters. The molecule has 10 nitrogen and oxygen atoms in total. The molecule has 3 amide bonds. The Balaban J connectivity index is 1.69. The molecule has 0 saturated heterocycles. The average Bonchev–Trinajstić information content (AvgIpc) is 3.45. The maximum absolute atomic E-state index is 12.6. The van der Waals surface area contributed by atoms with Crippen LogP contribution in [-0.2, 0) is 41.8 Å². The van der Waals surface area contributed by atoms with Gasteiger partial charge in [0.25, 0.3) is 5.91 Å². The van der Waals surface area contributed by atoms with E-state index < -0.39 is 23.3 Å². The van der Waals surface area contributed by atoms with Crippen LogP contribution in [0.25, 0.3) is 0 Å². The number of rotatable bonds is 9. The van der Waals surface area contributed by atoms with Gasteiger partial charge in [0.05, 0.1) is 13.2 Å². The smallest absolute Gasteiger partial charge is 0.361 e. The van der Waals surface area contributed by atoms with E-state index >= 15 is 0 Å². The number of aliphatic hydroxyl groups excluding tert-OH is 2. The van der Waals surface area contributed by atoms with Crippen molar-refractivity contribution in [3.05, 3.63) is 39.4 Å². The molecular formula is C22H31N5O5S. The molecular weight excluding hydrogens is 446 g/mol. The number of nitrogens with two attached hydrogens (primary N) is 1. The summed E-state index contributed by atoms with van der Waals surface area (Å²) >= 11 is -2.10. The fourth-order valence-electron chi connectivity index (χ4n) is 4.38. The lowest BCUT2D eigenvalue weighted by molar-refractivity contribution is -0.125. The fraction of sp³-hybridized carbons (Fsp3) is 0.500. The van der Waals surface area contributed by atoms with Crippen molar-refractivity contribution in [2.75, 3.05) is 38.7 Å². The summed E-state index contributed by atoms with van der Waals surface area (Å²) in [6.45, 7) is -0.575. The first-order chi connectivity index (χ1) is 15.9. The van der Waals surface area contributed by atoms with Crippen LogP contribution in [0.2, 0.25) is 0 Å². The number of aryl methyl sites for hydroxylation is 2. The molecule has 1 aromatic carbocycles. The third kappa shape index (κ3) is 5.85. The lowest BCUT2D eigenvalue weighted by atomic mass is 9.99. The van der Waals surface area contributed by atoms with Crippen molar-refractivity contribution in [3.63, 3.8) is 0 Å². The van der Waals surface area contributed by atoms with E-state index in [9.17, 15) is 14.1 Å². The first-order valence-corrected chi connectivity index (χ1v) is 12.1. The van der Waals surface area contributed by atoms with Crippen LogP contribution in [-0.4, -0.2) is 70.7 Å². The molecule has 0 aliphatic heterocycles. The van der Waals surface area contributed by atoms with Gasteiger partial charge in [-0.1, -0.05) is 6.07 Å². The summed E-state index contributed by atoms with van der Waals surface area (Å²) in [4.78, 5) is 30.3. The van der Waals surface area contributed by atoms with Crippen LogP contribution in [0.5, 0.6) is 0 Å². The molecule has 0 spiro atoms. The van der Waals surface area contributed by atoms with Gasteiger partial charge >= 0.3 is 6.03 Å². The minimum Gasteiger partial charge on any atom is -0.587 e. The number of amides is 3. The Morgan fingerprint density at radius 2 is 1.73 bits per heavy atom. The summed E-state index contributed by atoms with van der Waals surface area (Å²) in [6.07, 6.45) is 7.02. The number of hydrogen-bond acceptors (Lipinski definition) is 7. The number of nitrogens with zero attached hydrogens (tertiary/aromatic N) is 2. The molecule has 3 rings (SSSR count). The lowest BCUT2D eigenvalue weighted by Gasteiger charge is -2.20. The summed E-state index contributed by atoms with van der Waals surface area (Å²) in [7, 11) is 1.37. The quantitative estimate of drug-likeness (QED) is 0.251. The summed E-state index contributed by atoms with van der Waals surface area (Å²) in [6, 6.07) is 1.62. The van der Waals surface area contributed by atoms with Gasteiger partial charge in [-0.25, -0.2) is 4.79 Å². The maximum atomic E-state index is 12.6. The molecule has 6 N–H and O–H groups in total. The number of aliphatic imine (C=N–C) groups is 1. The monoisotopic (exact) mass is 477 g/mol. The van der Waals surface area contributed by atoms with Crippen LogP contribution in [0.15, 0.2) is 22.2 Å². The first-order valence-electron chi connectivity index (χ1n) is 11.0. The maximum Gasteiger partial charge on any atom is 0.361 e. The second kappa shape index (κ2) is 11.5. The second-order valence-corrected chi connectivity index (χ2v) is 9.17. The van der Waals surface area contributed by atoms with E-state index in [-0.39, 0.29) is 37.0 Å². The standard InChI is InChI=1S/C22H31N5O5S/c1-24-18(21(30)27(8-10-28)9-11-29)13-19(23)33(32)26-22(31)25-20-16-6-2-4-14(16)12-15-5-3-7-17(15)20/h12-13,28-29H,2-11,23H2,1H3,(H2,25,26,31). The third-order valence-corrected chi connectivity index (χ3v) is 6.79. The molecule has 33 heavy (non-hydrogen) atoms. The summed E-state index contributed by atoms with van der Waals surface area (Å²) < 4.78 is 14.9. The molecule has 0 radical (unpaired) electrons. The normalized spacial score (nSPS) is 16.2. The second-order valence-electron chi connectivity index (χ2n) is 7.95. The van der Waals surface area contributed by atoms with Crippen LogP contribution >= 0.6 is 0 Å². The molecule has 1 unspecified atom stereocenters. The van der Waals surface area contributed by atoms with Crippen molar-refractivity contribution in [1.29, 1.82) is 0 Å². The number of carbonyl (C=O) groups is 2. The Labute approximate surface area is 196 Å². The van der Waals surface area contributed by atoms with Crippen LogP contribution in [0.1, 0.15) is 35.1 Å². The van der Waals surface area contributed by atoms with Crippen molar-refractivity contribution >= 4 is 34.7 Å². The van der Waals surface area contributed by atoms with E-state index in [4.69, 9.17) is 15.9 Å². The molecule has 1 aromatic rings. The Bertz CT molecular complexity index is 927. The number of aliphatic hydroxyl groups is 2. The topological polar surface area (TPSA) is 163 Å². The van der Waals surface area contributed by atoms with Crippen LogP contribution in [0, 0.1) is 0 Å². The van der Waals surface area contributed by atoms with Gasteiger partial charge in [0, 0.05) is 31.9 Å². The third-order valence-electron chi connectivity index (χ3n) is 5.88. The summed E-state index contributed by atoms with van der Waals surface area (Å²) in [5.41, 5.74) is 11.4. The molecule has 2 aliphatic rings. The molecule has 0 bridgehead atoms. The lowest BCUT2D eigenvalue weighted by Crippen LogP contribution is -2.41. The fourth-order valence-corrected chi connectivity index (χ4v) is 4.93. The number of benzene rings is 1. The first kappa shape index (κ1) is 25.0. The highest BCUT2D eigenvalue weighted by Gasteiger charge is 2.27. The van der Waals surface area contributed by atoms with Crippen LogP contribution in [0.4, 0.5) is 10.5 Å². The van der Waals surface area contributed by atoms with E-state index in [0.717, 1.165) is 61.4 Å². The number of hydrogen-bond donors (Lipinski definition) is 5. The molecule has 180 valence electrons. The van der Waals surface area contributed by atoms with E-state index in [1.165, 1.54) is 23.1 Å². The predicted molar refractivity (Wildman–Crippen MR) is 127 cm³/mol. The van der Waals surface area contributed by atoms with Crippen molar-refractivity contribution in [1.82, 2.24) is 9.62 Å². The summed E-state index contributed by atoms with van der Waals surface area (Å²) in [5, 5.41) is 20.9. The zero-order valence-electron chi connectivity index (χ0n) is 18.7. The van der Waals surface area contributed by atoms with Crippen molar-refractivity contribution < 1.29 is 24.4 Å². The molecule has 0 aromatic heterocycles. The number of urea groups is 1.